The molecule has 1 unspecified atom stereocenters. The van der Waals surface area contributed by atoms with E-state index in [1.165, 1.54) is 0 Å². The number of hydrogen-bond donors (Lipinski definition) is 2. The lowest BCUT2D eigenvalue weighted by molar-refractivity contribution is -0.142. The van der Waals surface area contributed by atoms with Crippen LogP contribution in [0.4, 0.5) is 0 Å². The van der Waals surface area contributed by atoms with E-state index in [4.69, 9.17) is 0 Å². The van der Waals surface area contributed by atoms with E-state index in [0.29, 0.717) is 31.4 Å². The number of aliphatic hydroxyl groups is 1. The molecular formula is C21H34O4S. The van der Waals surface area contributed by atoms with Crippen molar-refractivity contribution in [3.8, 4) is 0 Å². The summed E-state index contributed by atoms with van der Waals surface area (Å²) in [7, 11) is 0. The van der Waals surface area contributed by atoms with E-state index < -0.39 is 11.9 Å². The molecule has 0 aromatic heterocycles. The lowest BCUT2D eigenvalue weighted by Crippen LogP contribution is -2.25. The Morgan fingerprint density at radius 1 is 1.27 bits per heavy atom. The summed E-state index contributed by atoms with van der Waals surface area (Å²) in [6.45, 7) is 6.12. The second-order valence-electron chi connectivity index (χ2n) is 7.74. The minimum absolute atomic E-state index is 0.0127. The van der Waals surface area contributed by atoms with Gasteiger partial charge in [-0.15, -0.1) is 0 Å². The SMILES string of the molecule is CCCCC(C)(C)C(=O)C=CCC=CCCC(C(=O)O)[C@H]1C[C@H](O)CS1. The molecule has 148 valence electrons. The van der Waals surface area contributed by atoms with Gasteiger partial charge in [0.1, 0.15) is 0 Å². The van der Waals surface area contributed by atoms with Gasteiger partial charge in [0.25, 0.3) is 0 Å². The van der Waals surface area contributed by atoms with Gasteiger partial charge in [-0.2, -0.15) is 11.8 Å². The number of aliphatic carboxylic acids is 1. The molecule has 1 rings (SSSR count). The van der Waals surface area contributed by atoms with Crippen LogP contribution in [0.25, 0.3) is 0 Å². The largest absolute Gasteiger partial charge is 0.481 e. The maximum Gasteiger partial charge on any atom is 0.307 e. The summed E-state index contributed by atoms with van der Waals surface area (Å²) in [5, 5.41) is 19.0. The second-order valence-corrected chi connectivity index (χ2v) is 9.02. The van der Waals surface area contributed by atoms with Gasteiger partial charge >= 0.3 is 5.97 Å². The zero-order chi connectivity index (χ0) is 19.6. The van der Waals surface area contributed by atoms with Gasteiger partial charge < -0.3 is 10.2 Å². The van der Waals surface area contributed by atoms with Crippen LogP contribution < -0.4 is 0 Å². The Morgan fingerprint density at radius 2 is 2.00 bits per heavy atom. The minimum Gasteiger partial charge on any atom is -0.481 e. The maximum absolute atomic E-state index is 12.2. The first kappa shape index (κ1) is 23.0. The molecule has 1 fully saturated rings. The molecule has 1 aliphatic heterocycles. The summed E-state index contributed by atoms with van der Waals surface area (Å²) < 4.78 is 0. The number of carboxylic acid groups (broad SMARTS) is 1. The fourth-order valence-corrected chi connectivity index (χ4v) is 4.55. The van der Waals surface area contributed by atoms with Gasteiger partial charge in [-0.25, -0.2) is 0 Å². The Bertz CT molecular complexity index is 510. The van der Waals surface area contributed by atoms with Crippen molar-refractivity contribution >= 4 is 23.5 Å². The van der Waals surface area contributed by atoms with E-state index in [0.717, 1.165) is 19.3 Å². The normalized spacial score (nSPS) is 22.3. The Balaban J connectivity index is 2.33. The Kier molecular flexibility index (Phi) is 10.3. The summed E-state index contributed by atoms with van der Waals surface area (Å²) in [5.74, 6) is -0.372. The third kappa shape index (κ3) is 8.09. The van der Waals surface area contributed by atoms with Crippen molar-refractivity contribution in [1.82, 2.24) is 0 Å². The number of carboxylic acids is 1. The van der Waals surface area contributed by atoms with Crippen LogP contribution in [0.2, 0.25) is 0 Å². The first-order valence-electron chi connectivity index (χ1n) is 9.66. The number of allylic oxidation sites excluding steroid dienone is 4. The summed E-state index contributed by atoms with van der Waals surface area (Å²) in [6, 6.07) is 0. The standard InChI is InChI=1S/C21H34O4S/c1-4-5-13-21(2,3)19(23)12-10-8-6-7-9-11-17(20(24)25)18-14-16(22)15-26-18/h6-7,10,12,16-18,22H,4-5,8-9,11,13-15H2,1-3H3,(H,24,25)/t16-,17?,18+/m0/s1. The van der Waals surface area contributed by atoms with Crippen molar-refractivity contribution in [3.63, 3.8) is 0 Å². The number of thioether (sulfide) groups is 1. The average molecular weight is 383 g/mol. The van der Waals surface area contributed by atoms with Gasteiger partial charge in [0.2, 0.25) is 0 Å². The Hall–Kier alpha value is -1.07. The van der Waals surface area contributed by atoms with E-state index in [1.807, 2.05) is 32.1 Å². The molecule has 0 radical (unpaired) electrons. The quantitative estimate of drug-likeness (QED) is 0.380. The summed E-state index contributed by atoms with van der Waals surface area (Å²) in [6.07, 6.45) is 12.8. The smallest absolute Gasteiger partial charge is 0.307 e. The van der Waals surface area contributed by atoms with E-state index >= 15 is 0 Å². The van der Waals surface area contributed by atoms with Crippen LogP contribution in [-0.4, -0.2) is 39.1 Å². The monoisotopic (exact) mass is 382 g/mol. The molecule has 0 aliphatic carbocycles. The molecule has 3 atom stereocenters. The maximum atomic E-state index is 12.2. The lowest BCUT2D eigenvalue weighted by Gasteiger charge is -2.20. The number of hydrogen-bond acceptors (Lipinski definition) is 4. The van der Waals surface area contributed by atoms with Gasteiger partial charge in [0.15, 0.2) is 5.78 Å². The highest BCUT2D eigenvalue weighted by atomic mass is 32.2. The van der Waals surface area contributed by atoms with Gasteiger partial charge in [-0.05, 0) is 38.2 Å². The lowest BCUT2D eigenvalue weighted by atomic mass is 9.82. The number of ketones is 1. The van der Waals surface area contributed by atoms with Crippen LogP contribution in [0.5, 0.6) is 0 Å². The second kappa shape index (κ2) is 11.6. The van der Waals surface area contributed by atoms with Gasteiger partial charge in [0.05, 0.1) is 12.0 Å². The molecule has 4 nitrogen and oxygen atoms in total. The van der Waals surface area contributed by atoms with Crippen molar-refractivity contribution in [2.45, 2.75) is 77.1 Å². The highest BCUT2D eigenvalue weighted by Gasteiger charge is 2.34. The van der Waals surface area contributed by atoms with Gasteiger partial charge in [-0.3, -0.25) is 9.59 Å². The zero-order valence-corrected chi connectivity index (χ0v) is 17.1. The van der Waals surface area contributed by atoms with Crippen LogP contribution >= 0.6 is 11.8 Å². The fourth-order valence-electron chi connectivity index (χ4n) is 3.10. The van der Waals surface area contributed by atoms with E-state index in [1.54, 1.807) is 17.8 Å². The van der Waals surface area contributed by atoms with E-state index in [2.05, 4.69) is 6.92 Å². The zero-order valence-electron chi connectivity index (χ0n) is 16.3. The molecule has 2 N–H and O–H groups in total. The van der Waals surface area contributed by atoms with Crippen LogP contribution in [0, 0.1) is 11.3 Å². The highest BCUT2D eigenvalue weighted by molar-refractivity contribution is 8.00. The van der Waals surface area contributed by atoms with Crippen LogP contribution in [0.15, 0.2) is 24.3 Å². The molecule has 1 aliphatic rings. The molecule has 0 amide bonds. The summed E-state index contributed by atoms with van der Waals surface area (Å²) in [4.78, 5) is 23.6. The van der Waals surface area contributed by atoms with Crippen molar-refractivity contribution in [3.05, 3.63) is 24.3 Å². The topological polar surface area (TPSA) is 74.6 Å². The summed E-state index contributed by atoms with van der Waals surface area (Å²) in [5.41, 5.74) is -0.297. The molecule has 0 aromatic carbocycles. The molecule has 26 heavy (non-hydrogen) atoms. The number of aliphatic hydroxyl groups excluding tert-OH is 1. The third-order valence-corrected chi connectivity index (χ3v) is 6.47. The van der Waals surface area contributed by atoms with Crippen molar-refractivity contribution < 1.29 is 19.8 Å². The highest BCUT2D eigenvalue weighted by Crippen LogP contribution is 2.34. The Labute approximate surface area is 162 Å². The van der Waals surface area contributed by atoms with Crippen LogP contribution in [0.1, 0.15) is 65.7 Å². The molecule has 1 heterocycles. The Morgan fingerprint density at radius 3 is 2.58 bits per heavy atom. The van der Waals surface area contributed by atoms with Crippen molar-refractivity contribution in [1.29, 1.82) is 0 Å². The number of rotatable bonds is 12. The van der Waals surface area contributed by atoms with Gasteiger partial charge in [-0.1, -0.05) is 51.8 Å². The van der Waals surface area contributed by atoms with Gasteiger partial charge in [0, 0.05) is 16.4 Å². The van der Waals surface area contributed by atoms with E-state index in [-0.39, 0.29) is 22.6 Å². The fraction of sp³-hybridized carbons (Fsp3) is 0.714. The molecule has 0 saturated carbocycles. The van der Waals surface area contributed by atoms with Crippen molar-refractivity contribution in [2.75, 3.05) is 5.75 Å². The van der Waals surface area contributed by atoms with Crippen LogP contribution in [0.3, 0.4) is 0 Å². The first-order valence-corrected chi connectivity index (χ1v) is 10.7. The number of carbonyl (C=O) groups excluding carboxylic acids is 1. The molecule has 1 saturated heterocycles. The third-order valence-electron chi connectivity index (χ3n) is 4.95. The van der Waals surface area contributed by atoms with Crippen molar-refractivity contribution in [2.24, 2.45) is 11.3 Å². The number of unbranched alkanes of at least 4 members (excludes halogenated alkanes) is 1. The minimum atomic E-state index is -0.773. The molecular weight excluding hydrogens is 348 g/mol. The van der Waals surface area contributed by atoms with E-state index in [9.17, 15) is 19.8 Å². The molecule has 0 spiro atoms. The number of carbonyl (C=O) groups is 2. The molecule has 0 aromatic rings. The average Bonchev–Trinajstić information content (AvgIpc) is 3.00. The predicted octanol–water partition coefficient (Wildman–Crippen LogP) is 4.62. The predicted molar refractivity (Wildman–Crippen MR) is 108 cm³/mol. The molecule has 5 heteroatoms. The first-order chi connectivity index (χ1) is 12.3. The molecule has 0 bridgehead atoms. The summed E-state index contributed by atoms with van der Waals surface area (Å²) >= 11 is 1.57. The van der Waals surface area contributed by atoms with Crippen LogP contribution in [-0.2, 0) is 9.59 Å².